The molecule has 0 aromatic heterocycles. The second kappa shape index (κ2) is 5.99. The van der Waals surface area contributed by atoms with Crippen molar-refractivity contribution in [3.05, 3.63) is 64.2 Å². The molecule has 3 nitrogen and oxygen atoms in total. The molecule has 23 heavy (non-hydrogen) atoms. The standard InChI is InChI=1S/C19H19ClN2O/c1-13-9-16-18(10-17(13)20)22-7-8-23-12-15(22)11-21-19(16)14-5-3-2-4-6-14/h2-6,9-10,15H,7-8,11-12H2,1H3. The number of hydrogen-bond donors (Lipinski definition) is 0. The van der Waals surface area contributed by atoms with Crippen molar-refractivity contribution in [1.29, 1.82) is 0 Å². The van der Waals surface area contributed by atoms with Gasteiger partial charge in [0.2, 0.25) is 0 Å². The van der Waals surface area contributed by atoms with E-state index >= 15 is 0 Å². The van der Waals surface area contributed by atoms with Gasteiger partial charge in [-0.15, -0.1) is 0 Å². The van der Waals surface area contributed by atoms with E-state index in [1.165, 1.54) is 11.3 Å². The number of morpholine rings is 1. The van der Waals surface area contributed by atoms with Gasteiger partial charge in [0.15, 0.2) is 0 Å². The Morgan fingerprint density at radius 3 is 2.87 bits per heavy atom. The minimum atomic E-state index is 0.280. The van der Waals surface area contributed by atoms with Crippen LogP contribution in [0.15, 0.2) is 47.5 Å². The van der Waals surface area contributed by atoms with Crippen LogP contribution in [0.2, 0.25) is 5.02 Å². The van der Waals surface area contributed by atoms with Crippen molar-refractivity contribution < 1.29 is 4.74 Å². The molecule has 0 saturated carbocycles. The highest BCUT2D eigenvalue weighted by Crippen LogP contribution is 2.34. The number of benzene rings is 2. The molecule has 0 N–H and O–H groups in total. The number of hydrogen-bond acceptors (Lipinski definition) is 3. The van der Waals surface area contributed by atoms with Gasteiger partial charge < -0.3 is 9.64 Å². The summed E-state index contributed by atoms with van der Waals surface area (Å²) in [5.74, 6) is 0. The molecule has 4 heteroatoms. The lowest BCUT2D eigenvalue weighted by molar-refractivity contribution is 0.0966. The summed E-state index contributed by atoms with van der Waals surface area (Å²) < 4.78 is 5.66. The molecule has 0 spiro atoms. The van der Waals surface area contributed by atoms with Crippen molar-refractivity contribution in [2.45, 2.75) is 13.0 Å². The third-order valence-corrected chi connectivity index (χ3v) is 4.98. The van der Waals surface area contributed by atoms with Crippen LogP contribution in [-0.2, 0) is 4.74 Å². The Morgan fingerprint density at radius 2 is 2.04 bits per heavy atom. The van der Waals surface area contributed by atoms with Crippen molar-refractivity contribution in [3.8, 4) is 0 Å². The van der Waals surface area contributed by atoms with Gasteiger partial charge in [-0.1, -0.05) is 41.9 Å². The highest BCUT2D eigenvalue weighted by Gasteiger charge is 2.29. The normalized spacial score (nSPS) is 20.3. The summed E-state index contributed by atoms with van der Waals surface area (Å²) in [5.41, 5.74) is 5.63. The van der Waals surface area contributed by atoms with E-state index in [4.69, 9.17) is 21.3 Å². The monoisotopic (exact) mass is 326 g/mol. The number of halogens is 1. The molecule has 118 valence electrons. The molecule has 0 amide bonds. The highest BCUT2D eigenvalue weighted by molar-refractivity contribution is 6.32. The fourth-order valence-corrected chi connectivity index (χ4v) is 3.50. The first-order valence-electron chi connectivity index (χ1n) is 7.99. The first-order valence-corrected chi connectivity index (χ1v) is 8.36. The van der Waals surface area contributed by atoms with E-state index in [-0.39, 0.29) is 6.04 Å². The molecule has 2 aromatic rings. The molecule has 1 saturated heterocycles. The average molecular weight is 327 g/mol. The minimum Gasteiger partial charge on any atom is -0.377 e. The number of nitrogens with zero attached hydrogens (tertiary/aromatic N) is 2. The molecule has 4 rings (SSSR count). The van der Waals surface area contributed by atoms with Crippen molar-refractivity contribution in [3.63, 3.8) is 0 Å². The number of fused-ring (bicyclic) bond motifs is 3. The molecule has 2 heterocycles. The fourth-order valence-electron chi connectivity index (χ4n) is 3.35. The van der Waals surface area contributed by atoms with Crippen LogP contribution in [0.4, 0.5) is 5.69 Å². The number of anilines is 1. The largest absolute Gasteiger partial charge is 0.377 e. The molecule has 2 aliphatic heterocycles. The number of ether oxygens (including phenoxy) is 1. The lowest BCUT2D eigenvalue weighted by Gasteiger charge is -2.36. The second-order valence-electron chi connectivity index (χ2n) is 6.10. The van der Waals surface area contributed by atoms with Crippen LogP contribution in [0.25, 0.3) is 0 Å². The van der Waals surface area contributed by atoms with Crippen molar-refractivity contribution in [2.24, 2.45) is 4.99 Å². The van der Waals surface area contributed by atoms with E-state index in [9.17, 15) is 0 Å². The van der Waals surface area contributed by atoms with E-state index in [1.54, 1.807) is 0 Å². The summed E-state index contributed by atoms with van der Waals surface area (Å²) >= 11 is 6.43. The third-order valence-electron chi connectivity index (χ3n) is 4.58. The minimum absolute atomic E-state index is 0.280. The molecular formula is C19H19ClN2O. The smallest absolute Gasteiger partial charge is 0.0740 e. The first-order chi connectivity index (χ1) is 11.2. The van der Waals surface area contributed by atoms with Gasteiger partial charge in [-0.3, -0.25) is 4.99 Å². The number of rotatable bonds is 1. The topological polar surface area (TPSA) is 24.8 Å². The van der Waals surface area contributed by atoms with Crippen LogP contribution in [0.3, 0.4) is 0 Å². The summed E-state index contributed by atoms with van der Waals surface area (Å²) in [5, 5.41) is 0.809. The van der Waals surface area contributed by atoms with Crippen LogP contribution in [0.1, 0.15) is 16.7 Å². The van der Waals surface area contributed by atoms with Gasteiger partial charge in [0.05, 0.1) is 31.5 Å². The third kappa shape index (κ3) is 2.64. The zero-order valence-corrected chi connectivity index (χ0v) is 13.9. The van der Waals surface area contributed by atoms with Gasteiger partial charge in [0, 0.05) is 28.4 Å². The quantitative estimate of drug-likeness (QED) is 0.798. The maximum absolute atomic E-state index is 6.43. The molecule has 2 aliphatic rings. The van der Waals surface area contributed by atoms with Gasteiger partial charge >= 0.3 is 0 Å². The maximum Gasteiger partial charge on any atom is 0.0740 e. The molecule has 2 aromatic carbocycles. The van der Waals surface area contributed by atoms with E-state index < -0.39 is 0 Å². The average Bonchev–Trinajstić information content (AvgIpc) is 2.74. The van der Waals surface area contributed by atoms with Gasteiger partial charge in [0.1, 0.15) is 0 Å². The number of aryl methyl sites for hydroxylation is 1. The summed E-state index contributed by atoms with van der Waals surface area (Å²) in [7, 11) is 0. The second-order valence-corrected chi connectivity index (χ2v) is 6.50. The van der Waals surface area contributed by atoms with Gasteiger partial charge in [-0.05, 0) is 24.6 Å². The molecule has 1 unspecified atom stereocenters. The lowest BCUT2D eigenvalue weighted by Crippen LogP contribution is -2.47. The van der Waals surface area contributed by atoms with Gasteiger partial charge in [-0.25, -0.2) is 0 Å². The van der Waals surface area contributed by atoms with E-state index in [2.05, 4.69) is 41.3 Å². The Balaban J connectivity index is 1.91. The van der Waals surface area contributed by atoms with Crippen molar-refractivity contribution in [1.82, 2.24) is 0 Å². The van der Waals surface area contributed by atoms with E-state index in [1.807, 2.05) is 13.0 Å². The lowest BCUT2D eigenvalue weighted by atomic mass is 9.98. The Kier molecular flexibility index (Phi) is 3.83. The predicted octanol–water partition coefficient (Wildman–Crippen LogP) is 3.70. The molecule has 0 bridgehead atoms. The summed E-state index contributed by atoms with van der Waals surface area (Å²) in [6.07, 6.45) is 0. The summed E-state index contributed by atoms with van der Waals surface area (Å²) in [6, 6.07) is 14.9. The summed E-state index contributed by atoms with van der Waals surface area (Å²) in [4.78, 5) is 7.35. The molecule has 0 radical (unpaired) electrons. The summed E-state index contributed by atoms with van der Waals surface area (Å²) in [6.45, 7) is 5.15. The predicted molar refractivity (Wildman–Crippen MR) is 95.1 cm³/mol. The Labute approximate surface area is 141 Å². The molecule has 0 aliphatic carbocycles. The van der Waals surface area contributed by atoms with Crippen LogP contribution < -0.4 is 4.90 Å². The van der Waals surface area contributed by atoms with Crippen molar-refractivity contribution >= 4 is 23.0 Å². The molecule has 1 fully saturated rings. The highest BCUT2D eigenvalue weighted by atomic mass is 35.5. The Morgan fingerprint density at radius 1 is 1.22 bits per heavy atom. The van der Waals surface area contributed by atoms with Crippen LogP contribution in [0.5, 0.6) is 0 Å². The van der Waals surface area contributed by atoms with E-state index in [0.717, 1.165) is 48.2 Å². The van der Waals surface area contributed by atoms with Crippen molar-refractivity contribution in [2.75, 3.05) is 31.2 Å². The van der Waals surface area contributed by atoms with Gasteiger partial charge in [0.25, 0.3) is 0 Å². The Bertz CT molecular complexity index is 757. The SMILES string of the molecule is Cc1cc2c(cc1Cl)N1CCOCC1CN=C2c1ccccc1. The van der Waals surface area contributed by atoms with Crippen LogP contribution in [0, 0.1) is 6.92 Å². The fraction of sp³-hybridized carbons (Fsp3) is 0.316. The first kappa shape index (κ1) is 14.7. The zero-order valence-electron chi connectivity index (χ0n) is 13.1. The Hall–Kier alpha value is -1.84. The van der Waals surface area contributed by atoms with E-state index in [0.29, 0.717) is 0 Å². The zero-order chi connectivity index (χ0) is 15.8. The molecule has 1 atom stereocenters. The maximum atomic E-state index is 6.43. The van der Waals surface area contributed by atoms with Gasteiger partial charge in [-0.2, -0.15) is 0 Å². The molecular weight excluding hydrogens is 308 g/mol. The number of aliphatic imine (C=N–C) groups is 1. The van der Waals surface area contributed by atoms with Crippen LogP contribution >= 0.6 is 11.6 Å². The van der Waals surface area contributed by atoms with Crippen LogP contribution in [-0.4, -0.2) is 38.1 Å².